The van der Waals surface area contributed by atoms with Crippen LogP contribution in [0.2, 0.25) is 0 Å². The van der Waals surface area contributed by atoms with E-state index in [9.17, 15) is 5.11 Å². The van der Waals surface area contributed by atoms with Crippen LogP contribution >= 0.6 is 0 Å². The fourth-order valence-electron chi connectivity index (χ4n) is 3.70. The van der Waals surface area contributed by atoms with Gasteiger partial charge in [-0.1, -0.05) is 36.4 Å². The minimum atomic E-state index is -0.271. The lowest BCUT2D eigenvalue weighted by Crippen LogP contribution is -2.46. The van der Waals surface area contributed by atoms with Crippen molar-refractivity contribution in [2.45, 2.75) is 18.7 Å². The van der Waals surface area contributed by atoms with Gasteiger partial charge in [0.25, 0.3) is 0 Å². The first-order valence-electron chi connectivity index (χ1n) is 9.02. The van der Waals surface area contributed by atoms with E-state index in [1.165, 1.54) is 0 Å². The van der Waals surface area contributed by atoms with Gasteiger partial charge < -0.3 is 24.1 Å². The van der Waals surface area contributed by atoms with Crippen LogP contribution in [0.4, 0.5) is 0 Å². The first-order valence-corrected chi connectivity index (χ1v) is 9.02. The van der Waals surface area contributed by atoms with Crippen molar-refractivity contribution < 1.29 is 24.1 Å². The summed E-state index contributed by atoms with van der Waals surface area (Å²) in [5, 5.41) is 9.84. The highest BCUT2D eigenvalue weighted by Gasteiger charge is 2.34. The molecule has 1 fully saturated rings. The summed E-state index contributed by atoms with van der Waals surface area (Å²) >= 11 is 0. The Bertz CT molecular complexity index is 737. The van der Waals surface area contributed by atoms with Gasteiger partial charge in [0.05, 0.1) is 40.6 Å². The molecule has 1 heterocycles. The number of methoxy groups -OCH3 is 3. The molecular weight excluding hydrogens is 346 g/mol. The number of ether oxygens (including phenoxy) is 4. The van der Waals surface area contributed by atoms with Gasteiger partial charge in [0.2, 0.25) is 5.75 Å². The maximum atomic E-state index is 9.84. The SMILES string of the molecule is COc1ccc(CN2CCOC(CO)C2c2ccccc2)c(OC)c1OC. The van der Waals surface area contributed by atoms with Gasteiger partial charge in [0.1, 0.15) is 6.10 Å². The van der Waals surface area contributed by atoms with Crippen LogP contribution in [0.3, 0.4) is 0 Å². The average molecular weight is 373 g/mol. The maximum absolute atomic E-state index is 9.84. The molecule has 6 heteroatoms. The molecule has 2 atom stereocenters. The number of hydrogen-bond donors (Lipinski definition) is 1. The van der Waals surface area contributed by atoms with Crippen LogP contribution in [0.15, 0.2) is 42.5 Å². The lowest BCUT2D eigenvalue weighted by atomic mass is 9.97. The Morgan fingerprint density at radius 1 is 1.00 bits per heavy atom. The summed E-state index contributed by atoms with van der Waals surface area (Å²) in [6, 6.07) is 14.0. The third kappa shape index (κ3) is 4.03. The number of morpholine rings is 1. The van der Waals surface area contributed by atoms with E-state index in [0.717, 1.165) is 17.7 Å². The molecule has 1 saturated heterocycles. The highest BCUT2D eigenvalue weighted by atomic mass is 16.5. The van der Waals surface area contributed by atoms with Crippen molar-refractivity contribution >= 4 is 0 Å². The number of benzene rings is 2. The lowest BCUT2D eigenvalue weighted by Gasteiger charge is -2.41. The summed E-state index contributed by atoms with van der Waals surface area (Å²) in [7, 11) is 4.84. The van der Waals surface area contributed by atoms with E-state index in [1.807, 2.05) is 30.3 Å². The second kappa shape index (κ2) is 9.08. The molecule has 146 valence electrons. The van der Waals surface area contributed by atoms with Gasteiger partial charge in [-0.3, -0.25) is 4.90 Å². The number of nitrogens with zero attached hydrogens (tertiary/aromatic N) is 1. The molecule has 27 heavy (non-hydrogen) atoms. The molecule has 6 nitrogen and oxygen atoms in total. The molecule has 0 spiro atoms. The van der Waals surface area contributed by atoms with Crippen LogP contribution in [0.25, 0.3) is 0 Å². The molecule has 0 aromatic heterocycles. The molecule has 3 rings (SSSR count). The van der Waals surface area contributed by atoms with Crippen molar-refractivity contribution in [2.75, 3.05) is 41.1 Å². The highest BCUT2D eigenvalue weighted by Crippen LogP contribution is 2.41. The van der Waals surface area contributed by atoms with E-state index in [4.69, 9.17) is 18.9 Å². The molecule has 0 amide bonds. The average Bonchev–Trinajstić information content (AvgIpc) is 2.73. The molecule has 1 N–H and O–H groups in total. The molecule has 1 aliphatic heterocycles. The molecule has 0 radical (unpaired) electrons. The topological polar surface area (TPSA) is 60.4 Å². The molecule has 2 unspecified atom stereocenters. The smallest absolute Gasteiger partial charge is 0.203 e. The minimum absolute atomic E-state index is 0.0286. The predicted octanol–water partition coefficient (Wildman–Crippen LogP) is 2.65. The van der Waals surface area contributed by atoms with E-state index < -0.39 is 0 Å². The van der Waals surface area contributed by atoms with Crippen molar-refractivity contribution in [1.29, 1.82) is 0 Å². The molecule has 0 bridgehead atoms. The number of aliphatic hydroxyl groups excluding tert-OH is 1. The van der Waals surface area contributed by atoms with E-state index in [2.05, 4.69) is 17.0 Å². The zero-order valence-electron chi connectivity index (χ0n) is 16.1. The van der Waals surface area contributed by atoms with Crippen molar-refractivity contribution in [1.82, 2.24) is 4.90 Å². The van der Waals surface area contributed by atoms with Gasteiger partial charge in [0.15, 0.2) is 11.5 Å². The number of aliphatic hydroxyl groups is 1. The van der Waals surface area contributed by atoms with Gasteiger partial charge in [-0.25, -0.2) is 0 Å². The molecule has 2 aromatic carbocycles. The van der Waals surface area contributed by atoms with E-state index in [-0.39, 0.29) is 18.8 Å². The van der Waals surface area contributed by atoms with Crippen molar-refractivity contribution in [2.24, 2.45) is 0 Å². The Morgan fingerprint density at radius 2 is 1.74 bits per heavy atom. The van der Waals surface area contributed by atoms with Gasteiger partial charge >= 0.3 is 0 Å². The van der Waals surface area contributed by atoms with Crippen LogP contribution in [0.1, 0.15) is 17.2 Å². The van der Waals surface area contributed by atoms with Crippen molar-refractivity contribution in [3.8, 4) is 17.2 Å². The van der Waals surface area contributed by atoms with E-state index in [1.54, 1.807) is 21.3 Å². The largest absolute Gasteiger partial charge is 0.493 e. The quantitative estimate of drug-likeness (QED) is 0.805. The normalized spacial score (nSPS) is 20.3. The van der Waals surface area contributed by atoms with Crippen LogP contribution < -0.4 is 14.2 Å². The molecule has 1 aliphatic rings. The zero-order valence-corrected chi connectivity index (χ0v) is 16.1. The fourth-order valence-corrected chi connectivity index (χ4v) is 3.70. The second-order valence-electron chi connectivity index (χ2n) is 6.41. The molecule has 0 aliphatic carbocycles. The Morgan fingerprint density at radius 3 is 2.37 bits per heavy atom. The standard InChI is InChI=1S/C21H27NO5/c1-24-17-10-9-16(20(25-2)21(17)26-3)13-22-11-12-27-18(14-23)19(22)15-7-5-4-6-8-15/h4-10,18-19,23H,11-14H2,1-3H3. The van der Waals surface area contributed by atoms with E-state index >= 15 is 0 Å². The first-order chi connectivity index (χ1) is 13.2. The molecular formula is C21H27NO5. The van der Waals surface area contributed by atoms with Gasteiger partial charge in [-0.05, 0) is 11.6 Å². The number of rotatable bonds is 7. The summed E-state index contributed by atoms with van der Waals surface area (Å²) in [6.07, 6.45) is -0.271. The zero-order chi connectivity index (χ0) is 19.2. The van der Waals surface area contributed by atoms with E-state index in [0.29, 0.717) is 30.4 Å². The van der Waals surface area contributed by atoms with Crippen molar-refractivity contribution in [3.05, 3.63) is 53.6 Å². The van der Waals surface area contributed by atoms with Crippen molar-refractivity contribution in [3.63, 3.8) is 0 Å². The summed E-state index contributed by atoms with van der Waals surface area (Å²) in [4.78, 5) is 2.31. The lowest BCUT2D eigenvalue weighted by molar-refractivity contribution is -0.0961. The fraction of sp³-hybridized carbons (Fsp3) is 0.429. The Labute approximate surface area is 160 Å². The van der Waals surface area contributed by atoms with Gasteiger partial charge in [-0.15, -0.1) is 0 Å². The van der Waals surface area contributed by atoms with Crippen LogP contribution in [-0.4, -0.2) is 57.2 Å². The van der Waals surface area contributed by atoms with Crippen LogP contribution in [0, 0.1) is 0 Å². The summed E-state index contributed by atoms with van der Waals surface area (Å²) in [5.41, 5.74) is 2.12. The van der Waals surface area contributed by atoms with Crippen LogP contribution in [0.5, 0.6) is 17.2 Å². The second-order valence-corrected chi connectivity index (χ2v) is 6.41. The third-order valence-corrected chi connectivity index (χ3v) is 4.94. The Balaban J connectivity index is 1.95. The minimum Gasteiger partial charge on any atom is -0.493 e. The van der Waals surface area contributed by atoms with Crippen LogP contribution in [-0.2, 0) is 11.3 Å². The Kier molecular flexibility index (Phi) is 6.55. The third-order valence-electron chi connectivity index (χ3n) is 4.94. The first kappa shape index (κ1) is 19.5. The Hall–Kier alpha value is -2.28. The number of hydrogen-bond acceptors (Lipinski definition) is 6. The highest BCUT2D eigenvalue weighted by molar-refractivity contribution is 5.55. The molecule has 0 saturated carbocycles. The van der Waals surface area contributed by atoms with Gasteiger partial charge in [0, 0.05) is 18.7 Å². The molecule has 2 aromatic rings. The van der Waals surface area contributed by atoms with Gasteiger partial charge in [-0.2, -0.15) is 0 Å². The summed E-state index contributed by atoms with van der Waals surface area (Å²) in [5.74, 6) is 1.88. The summed E-state index contributed by atoms with van der Waals surface area (Å²) < 4.78 is 22.4. The monoisotopic (exact) mass is 373 g/mol. The summed E-state index contributed by atoms with van der Waals surface area (Å²) in [6.45, 7) is 1.94. The predicted molar refractivity (Wildman–Crippen MR) is 103 cm³/mol. The maximum Gasteiger partial charge on any atom is 0.203 e.